The molecule has 6 heteroatoms. The van der Waals surface area contributed by atoms with Gasteiger partial charge in [0.05, 0.1) is 18.8 Å². The third kappa shape index (κ3) is 3.80. The molecule has 22 heavy (non-hydrogen) atoms. The average Bonchev–Trinajstić information content (AvgIpc) is 2.56. The second kappa shape index (κ2) is 6.84. The summed E-state index contributed by atoms with van der Waals surface area (Å²) in [5.74, 6) is 0. The Labute approximate surface area is 136 Å². The van der Waals surface area contributed by atoms with Crippen molar-refractivity contribution in [3.05, 3.63) is 53.6 Å². The first-order chi connectivity index (χ1) is 10.7. The zero-order valence-corrected chi connectivity index (χ0v) is 12.9. The molecule has 3 rings (SSSR count). The molecule has 2 aromatic rings. The molecule has 0 N–H and O–H groups in total. The van der Waals surface area contributed by atoms with E-state index in [4.69, 9.17) is 19.4 Å². The van der Waals surface area contributed by atoms with E-state index in [0.29, 0.717) is 0 Å². The lowest BCUT2D eigenvalue weighted by atomic mass is 9.96. The van der Waals surface area contributed by atoms with Crippen LogP contribution >= 0.6 is 11.6 Å². The molecule has 1 aliphatic rings. The predicted molar refractivity (Wildman–Crippen MR) is 91.6 cm³/mol. The van der Waals surface area contributed by atoms with Gasteiger partial charge in [-0.3, -0.25) is 5.01 Å². The summed E-state index contributed by atoms with van der Waals surface area (Å²) in [4.78, 5) is 2.32. The molecule has 0 aromatic heterocycles. The molecule has 0 aliphatic carbocycles. The first-order valence-corrected chi connectivity index (χ1v) is 7.61. The molecule has 1 heterocycles. The van der Waals surface area contributed by atoms with E-state index < -0.39 is 0 Å². The second-order valence-corrected chi connectivity index (χ2v) is 5.63. The van der Waals surface area contributed by atoms with Crippen molar-refractivity contribution in [3.63, 3.8) is 0 Å². The van der Waals surface area contributed by atoms with Crippen LogP contribution in [0.25, 0.3) is 0 Å². The quantitative estimate of drug-likeness (QED) is 0.645. The summed E-state index contributed by atoms with van der Waals surface area (Å²) in [6, 6.07) is 15.3. The summed E-state index contributed by atoms with van der Waals surface area (Å²) in [5, 5.41) is 11.3. The molecule has 2 aromatic carbocycles. The minimum atomic E-state index is 0.732. The van der Waals surface area contributed by atoms with E-state index in [2.05, 4.69) is 15.2 Å². The minimum absolute atomic E-state index is 0.732. The molecule has 0 atom stereocenters. The van der Waals surface area contributed by atoms with E-state index in [1.807, 2.05) is 53.5 Å². The van der Waals surface area contributed by atoms with Gasteiger partial charge < -0.3 is 4.90 Å². The van der Waals surface area contributed by atoms with E-state index >= 15 is 0 Å². The van der Waals surface area contributed by atoms with Crippen molar-refractivity contribution in [3.8, 4) is 0 Å². The maximum atomic E-state index is 5.92. The van der Waals surface area contributed by atoms with Gasteiger partial charge in [0.2, 0.25) is 0 Å². The fourth-order valence-electron chi connectivity index (χ4n) is 2.35. The lowest BCUT2D eigenvalue weighted by molar-refractivity contribution is 0.254. The predicted octanol–water partition coefficient (Wildman–Crippen LogP) is 2.95. The van der Waals surface area contributed by atoms with Crippen LogP contribution in [0.3, 0.4) is 0 Å². The van der Waals surface area contributed by atoms with Crippen LogP contribution in [-0.4, -0.2) is 39.0 Å². The SMILES string of the molecule is [B]c1ccc(N=NN2CCN(c3ccc(Cl)cc3)CC2)cc1. The Morgan fingerprint density at radius 2 is 1.50 bits per heavy atom. The van der Waals surface area contributed by atoms with Crippen LogP contribution in [0.5, 0.6) is 0 Å². The lowest BCUT2D eigenvalue weighted by Crippen LogP contribution is -2.43. The Morgan fingerprint density at radius 3 is 2.14 bits per heavy atom. The standard InChI is InChI=1S/C16H16BClN4/c17-13-1-5-15(6-2-13)19-20-22-11-9-21(10-12-22)16-7-3-14(18)4-8-16/h1-8H,9-12H2. The number of rotatable bonds is 3. The van der Waals surface area contributed by atoms with E-state index in [0.717, 1.165) is 42.4 Å². The van der Waals surface area contributed by atoms with Gasteiger partial charge >= 0.3 is 0 Å². The molecular weight excluding hydrogens is 294 g/mol. The van der Waals surface area contributed by atoms with E-state index in [1.54, 1.807) is 0 Å². The van der Waals surface area contributed by atoms with Crippen LogP contribution in [0.4, 0.5) is 11.4 Å². The molecule has 0 bridgehead atoms. The molecule has 0 unspecified atom stereocenters. The molecule has 4 nitrogen and oxygen atoms in total. The Kier molecular flexibility index (Phi) is 4.63. The largest absolute Gasteiger partial charge is 0.368 e. The van der Waals surface area contributed by atoms with Crippen LogP contribution in [0.15, 0.2) is 58.9 Å². The number of hydrogen-bond acceptors (Lipinski definition) is 3. The fraction of sp³-hybridized carbons (Fsp3) is 0.250. The van der Waals surface area contributed by atoms with Gasteiger partial charge in [0, 0.05) is 23.8 Å². The van der Waals surface area contributed by atoms with Crippen molar-refractivity contribution < 1.29 is 0 Å². The van der Waals surface area contributed by atoms with Crippen molar-refractivity contribution in [2.45, 2.75) is 0 Å². The van der Waals surface area contributed by atoms with Crippen molar-refractivity contribution in [1.82, 2.24) is 5.01 Å². The number of nitrogens with zero attached hydrogens (tertiary/aromatic N) is 4. The molecule has 1 aliphatic heterocycles. The Balaban J connectivity index is 1.55. The van der Waals surface area contributed by atoms with Gasteiger partial charge in [-0.1, -0.05) is 34.4 Å². The fourth-order valence-corrected chi connectivity index (χ4v) is 2.48. The van der Waals surface area contributed by atoms with Gasteiger partial charge in [0.25, 0.3) is 0 Å². The van der Waals surface area contributed by atoms with Gasteiger partial charge in [0.1, 0.15) is 7.85 Å². The highest BCUT2D eigenvalue weighted by Gasteiger charge is 2.15. The third-order valence-corrected chi connectivity index (χ3v) is 3.88. The van der Waals surface area contributed by atoms with Crippen LogP contribution in [0.1, 0.15) is 0 Å². The van der Waals surface area contributed by atoms with Gasteiger partial charge in [-0.15, -0.1) is 5.11 Å². The van der Waals surface area contributed by atoms with E-state index in [-0.39, 0.29) is 0 Å². The molecular formula is C16H16BClN4. The zero-order valence-electron chi connectivity index (χ0n) is 12.2. The highest BCUT2D eigenvalue weighted by Crippen LogP contribution is 2.20. The number of hydrogen-bond donors (Lipinski definition) is 0. The van der Waals surface area contributed by atoms with Crippen LogP contribution in [0.2, 0.25) is 5.02 Å². The van der Waals surface area contributed by atoms with Gasteiger partial charge in [-0.2, -0.15) is 0 Å². The first kappa shape index (κ1) is 14.9. The van der Waals surface area contributed by atoms with Crippen molar-refractivity contribution >= 4 is 36.3 Å². The van der Waals surface area contributed by atoms with E-state index in [1.165, 1.54) is 5.69 Å². The van der Waals surface area contributed by atoms with Crippen molar-refractivity contribution in [2.75, 3.05) is 31.1 Å². The highest BCUT2D eigenvalue weighted by molar-refractivity contribution is 6.32. The van der Waals surface area contributed by atoms with Gasteiger partial charge in [-0.05, 0) is 36.4 Å². The monoisotopic (exact) mass is 310 g/mol. The highest BCUT2D eigenvalue weighted by atomic mass is 35.5. The number of piperazine rings is 1. The maximum absolute atomic E-state index is 5.92. The van der Waals surface area contributed by atoms with E-state index in [9.17, 15) is 0 Å². The van der Waals surface area contributed by atoms with Crippen LogP contribution in [-0.2, 0) is 0 Å². The average molecular weight is 311 g/mol. The topological polar surface area (TPSA) is 31.2 Å². The second-order valence-electron chi connectivity index (χ2n) is 5.20. The Morgan fingerprint density at radius 1 is 0.864 bits per heavy atom. The summed E-state index contributed by atoms with van der Waals surface area (Å²) in [6.07, 6.45) is 0. The molecule has 110 valence electrons. The van der Waals surface area contributed by atoms with Crippen LogP contribution < -0.4 is 10.4 Å². The van der Waals surface area contributed by atoms with Gasteiger partial charge in [0.15, 0.2) is 0 Å². The van der Waals surface area contributed by atoms with Crippen molar-refractivity contribution in [1.29, 1.82) is 0 Å². The molecule has 0 spiro atoms. The Bertz CT molecular complexity index is 634. The number of halogens is 1. The van der Waals surface area contributed by atoms with Crippen molar-refractivity contribution in [2.24, 2.45) is 10.3 Å². The lowest BCUT2D eigenvalue weighted by Gasteiger charge is -2.33. The zero-order chi connectivity index (χ0) is 15.4. The molecule has 2 radical (unpaired) electrons. The summed E-state index contributed by atoms with van der Waals surface area (Å²) >= 11 is 5.92. The smallest absolute Gasteiger partial charge is 0.113 e. The number of benzene rings is 2. The summed E-state index contributed by atoms with van der Waals surface area (Å²) in [5.41, 5.74) is 2.74. The minimum Gasteiger partial charge on any atom is -0.368 e. The normalized spacial score (nSPS) is 15.5. The summed E-state index contributed by atoms with van der Waals surface area (Å²) in [7, 11) is 5.65. The van der Waals surface area contributed by atoms with Crippen LogP contribution in [0, 0.1) is 0 Å². The molecule has 0 saturated carbocycles. The Hall–Kier alpha value is -2.01. The molecule has 0 amide bonds. The first-order valence-electron chi connectivity index (χ1n) is 7.23. The van der Waals surface area contributed by atoms with Gasteiger partial charge in [-0.25, -0.2) is 0 Å². The molecule has 1 fully saturated rings. The number of anilines is 1. The summed E-state index contributed by atoms with van der Waals surface area (Å²) in [6.45, 7) is 3.53. The molecule has 1 saturated heterocycles. The maximum Gasteiger partial charge on any atom is 0.113 e. The third-order valence-electron chi connectivity index (χ3n) is 3.63. The summed E-state index contributed by atoms with van der Waals surface area (Å²) < 4.78 is 0.